The number of ether oxygens (including phenoxy) is 1. The van der Waals surface area contributed by atoms with E-state index in [4.69, 9.17) is 10.5 Å². The zero-order valence-corrected chi connectivity index (χ0v) is 9.57. The van der Waals surface area contributed by atoms with E-state index in [1.54, 1.807) is 0 Å². The van der Waals surface area contributed by atoms with Gasteiger partial charge in [0.15, 0.2) is 0 Å². The minimum absolute atomic E-state index is 0.749. The predicted octanol–water partition coefficient (Wildman–Crippen LogP) is 2.13. The Balaban J connectivity index is 2.40. The number of benzene rings is 1. The van der Waals surface area contributed by atoms with E-state index in [-0.39, 0.29) is 0 Å². The van der Waals surface area contributed by atoms with E-state index in [0.29, 0.717) is 0 Å². The maximum atomic E-state index is 5.87. The lowest BCUT2D eigenvalue weighted by molar-refractivity contribution is 0.141. The van der Waals surface area contributed by atoms with Crippen LogP contribution in [0.3, 0.4) is 0 Å². The quantitative estimate of drug-likeness (QED) is 0.575. The van der Waals surface area contributed by atoms with Gasteiger partial charge in [0.25, 0.3) is 0 Å². The molecule has 1 aromatic rings. The second-order valence-corrected chi connectivity index (χ2v) is 3.59. The smallest absolute Gasteiger partial charge is 0.0641 e. The first kappa shape index (κ1) is 11.9. The van der Waals surface area contributed by atoms with Gasteiger partial charge in [-0.2, -0.15) is 0 Å². The van der Waals surface area contributed by atoms with Gasteiger partial charge in [-0.3, -0.25) is 0 Å². The number of likely N-dealkylation sites (N-methyl/N-ethyl adjacent to an activating group) is 1. The zero-order chi connectivity index (χ0) is 11.1. The summed E-state index contributed by atoms with van der Waals surface area (Å²) in [6.45, 7) is 4.56. The molecule has 1 rings (SSSR count). The maximum absolute atomic E-state index is 5.87. The van der Waals surface area contributed by atoms with Gasteiger partial charge in [0.05, 0.1) is 18.0 Å². The second-order valence-electron chi connectivity index (χ2n) is 3.59. The van der Waals surface area contributed by atoms with Crippen LogP contribution >= 0.6 is 0 Å². The molecule has 15 heavy (non-hydrogen) atoms. The molecule has 0 atom stereocenters. The van der Waals surface area contributed by atoms with Gasteiger partial charge in [0, 0.05) is 20.2 Å². The standard InChI is InChI=1S/C12H20N2O/c1-3-9-15-10-8-14(2)12-7-5-4-6-11(12)13/h4-7H,3,8-10,13H2,1-2H3. The third-order valence-corrected chi connectivity index (χ3v) is 2.27. The molecule has 0 bridgehead atoms. The van der Waals surface area contributed by atoms with Crippen molar-refractivity contribution >= 4 is 11.4 Å². The Bertz CT molecular complexity index is 289. The molecule has 0 fully saturated rings. The van der Waals surface area contributed by atoms with Crippen LogP contribution in [0.25, 0.3) is 0 Å². The van der Waals surface area contributed by atoms with E-state index in [1.807, 2.05) is 31.3 Å². The SMILES string of the molecule is CCCOCCN(C)c1ccccc1N. The number of hydrogen-bond acceptors (Lipinski definition) is 3. The molecule has 0 aromatic heterocycles. The van der Waals surface area contributed by atoms with Crippen LogP contribution in [0.15, 0.2) is 24.3 Å². The van der Waals surface area contributed by atoms with Crippen molar-refractivity contribution in [3.8, 4) is 0 Å². The fourth-order valence-electron chi connectivity index (χ4n) is 1.40. The molecule has 3 heteroatoms. The zero-order valence-electron chi connectivity index (χ0n) is 9.57. The summed E-state index contributed by atoms with van der Waals surface area (Å²) in [6.07, 6.45) is 1.07. The highest BCUT2D eigenvalue weighted by Gasteiger charge is 2.03. The van der Waals surface area contributed by atoms with Crippen molar-refractivity contribution in [2.24, 2.45) is 0 Å². The molecule has 84 valence electrons. The highest BCUT2D eigenvalue weighted by Crippen LogP contribution is 2.20. The minimum atomic E-state index is 0.749. The molecule has 1 aromatic carbocycles. The third-order valence-electron chi connectivity index (χ3n) is 2.27. The van der Waals surface area contributed by atoms with Gasteiger partial charge in [-0.05, 0) is 18.6 Å². The van der Waals surface area contributed by atoms with E-state index < -0.39 is 0 Å². The lowest BCUT2D eigenvalue weighted by Crippen LogP contribution is -2.23. The van der Waals surface area contributed by atoms with Crippen molar-refractivity contribution in [3.05, 3.63) is 24.3 Å². The van der Waals surface area contributed by atoms with Crippen molar-refractivity contribution in [3.63, 3.8) is 0 Å². The van der Waals surface area contributed by atoms with Crippen LogP contribution in [0, 0.1) is 0 Å². The van der Waals surface area contributed by atoms with Crippen LogP contribution in [-0.2, 0) is 4.74 Å². The minimum Gasteiger partial charge on any atom is -0.397 e. The average molecular weight is 208 g/mol. The number of nitrogens with zero attached hydrogens (tertiary/aromatic N) is 1. The van der Waals surface area contributed by atoms with Crippen molar-refractivity contribution in [2.75, 3.05) is 37.4 Å². The summed E-state index contributed by atoms with van der Waals surface area (Å²) in [5, 5.41) is 0. The Morgan fingerprint density at radius 1 is 1.27 bits per heavy atom. The Morgan fingerprint density at radius 2 is 2.00 bits per heavy atom. The Hall–Kier alpha value is -1.22. The number of rotatable bonds is 6. The molecule has 0 spiro atoms. The average Bonchev–Trinajstić information content (AvgIpc) is 2.25. The van der Waals surface area contributed by atoms with E-state index >= 15 is 0 Å². The lowest BCUT2D eigenvalue weighted by Gasteiger charge is -2.20. The van der Waals surface area contributed by atoms with Crippen LogP contribution in [-0.4, -0.2) is 26.8 Å². The summed E-state index contributed by atoms with van der Waals surface area (Å²) in [5.74, 6) is 0. The first-order valence-electron chi connectivity index (χ1n) is 5.39. The number of nitrogens with two attached hydrogens (primary N) is 1. The van der Waals surface area contributed by atoms with Crippen LogP contribution < -0.4 is 10.6 Å². The summed E-state index contributed by atoms with van der Waals surface area (Å²) >= 11 is 0. The Kier molecular flexibility index (Phi) is 4.98. The Labute approximate surface area is 91.8 Å². The van der Waals surface area contributed by atoms with Crippen molar-refractivity contribution in [1.29, 1.82) is 0 Å². The third kappa shape index (κ3) is 3.80. The van der Waals surface area contributed by atoms with Gasteiger partial charge >= 0.3 is 0 Å². The largest absolute Gasteiger partial charge is 0.397 e. The normalized spacial score (nSPS) is 10.3. The first-order valence-corrected chi connectivity index (χ1v) is 5.39. The molecule has 0 aliphatic rings. The number of anilines is 2. The fourth-order valence-corrected chi connectivity index (χ4v) is 1.40. The topological polar surface area (TPSA) is 38.5 Å². The van der Waals surface area contributed by atoms with E-state index in [1.165, 1.54) is 0 Å². The van der Waals surface area contributed by atoms with E-state index in [2.05, 4.69) is 11.8 Å². The molecule has 0 aliphatic carbocycles. The summed E-state index contributed by atoms with van der Waals surface area (Å²) in [6, 6.07) is 7.88. The molecule has 3 nitrogen and oxygen atoms in total. The molecule has 0 saturated heterocycles. The maximum Gasteiger partial charge on any atom is 0.0641 e. The summed E-state index contributed by atoms with van der Waals surface area (Å²) in [5.41, 5.74) is 7.75. The molecule has 0 heterocycles. The lowest BCUT2D eigenvalue weighted by atomic mass is 10.2. The fraction of sp³-hybridized carbons (Fsp3) is 0.500. The highest BCUT2D eigenvalue weighted by atomic mass is 16.5. The van der Waals surface area contributed by atoms with Crippen molar-refractivity contribution < 1.29 is 4.74 Å². The second kappa shape index (κ2) is 6.30. The van der Waals surface area contributed by atoms with Crippen LogP contribution in [0.2, 0.25) is 0 Å². The monoisotopic (exact) mass is 208 g/mol. The highest BCUT2D eigenvalue weighted by molar-refractivity contribution is 5.66. The molecule has 0 amide bonds. The molecular weight excluding hydrogens is 188 g/mol. The number of para-hydroxylation sites is 2. The van der Waals surface area contributed by atoms with Gasteiger partial charge in [-0.25, -0.2) is 0 Å². The summed E-state index contributed by atoms with van der Waals surface area (Å²) < 4.78 is 5.43. The molecular formula is C12H20N2O. The van der Waals surface area contributed by atoms with Gasteiger partial charge < -0.3 is 15.4 Å². The summed E-state index contributed by atoms with van der Waals surface area (Å²) in [7, 11) is 2.03. The van der Waals surface area contributed by atoms with Crippen LogP contribution in [0.5, 0.6) is 0 Å². The number of hydrogen-bond donors (Lipinski definition) is 1. The van der Waals surface area contributed by atoms with Gasteiger partial charge in [0.2, 0.25) is 0 Å². The molecule has 0 unspecified atom stereocenters. The van der Waals surface area contributed by atoms with E-state index in [9.17, 15) is 0 Å². The van der Waals surface area contributed by atoms with Crippen LogP contribution in [0.1, 0.15) is 13.3 Å². The van der Waals surface area contributed by atoms with Gasteiger partial charge in [-0.15, -0.1) is 0 Å². The molecule has 0 radical (unpaired) electrons. The van der Waals surface area contributed by atoms with Gasteiger partial charge in [0.1, 0.15) is 0 Å². The number of nitrogen functional groups attached to an aromatic ring is 1. The summed E-state index contributed by atoms with van der Waals surface area (Å²) in [4.78, 5) is 2.12. The van der Waals surface area contributed by atoms with Crippen molar-refractivity contribution in [1.82, 2.24) is 0 Å². The van der Waals surface area contributed by atoms with E-state index in [0.717, 1.165) is 37.6 Å². The Morgan fingerprint density at radius 3 is 2.67 bits per heavy atom. The molecule has 2 N–H and O–H groups in total. The van der Waals surface area contributed by atoms with Crippen LogP contribution in [0.4, 0.5) is 11.4 Å². The van der Waals surface area contributed by atoms with Gasteiger partial charge in [-0.1, -0.05) is 19.1 Å². The predicted molar refractivity (Wildman–Crippen MR) is 65.2 cm³/mol. The molecule has 0 aliphatic heterocycles. The first-order chi connectivity index (χ1) is 7.25. The molecule has 0 saturated carbocycles. The van der Waals surface area contributed by atoms with Crippen molar-refractivity contribution in [2.45, 2.75) is 13.3 Å².